The van der Waals surface area contributed by atoms with Crippen molar-refractivity contribution < 1.29 is 9.26 Å². The Kier molecular flexibility index (Phi) is 5.66. The molecule has 3 aromatic heterocycles. The topological polar surface area (TPSA) is 126 Å². The van der Waals surface area contributed by atoms with Gasteiger partial charge in [-0.3, -0.25) is 9.36 Å². The molecular formula is C24H26ClN7O3. The number of hydrogen-bond acceptors (Lipinski definition) is 8. The second-order valence-corrected chi connectivity index (χ2v) is 9.94. The highest BCUT2D eigenvalue weighted by molar-refractivity contribution is 6.30. The molecule has 0 bridgehead atoms. The third-order valence-corrected chi connectivity index (χ3v) is 7.40. The molecule has 6 rings (SSSR count). The quantitative estimate of drug-likeness (QED) is 0.432. The maximum Gasteiger partial charge on any atom is 0.280 e. The third-order valence-electron chi connectivity index (χ3n) is 7.15. The largest absolute Gasteiger partial charge is 0.373 e. The van der Waals surface area contributed by atoms with Gasteiger partial charge >= 0.3 is 0 Å². The lowest BCUT2D eigenvalue weighted by atomic mass is 9.74. The van der Waals surface area contributed by atoms with Gasteiger partial charge in [0.1, 0.15) is 18.7 Å². The minimum Gasteiger partial charge on any atom is -0.373 e. The summed E-state index contributed by atoms with van der Waals surface area (Å²) in [7, 11) is 0. The maximum atomic E-state index is 13.2. The van der Waals surface area contributed by atoms with Crippen molar-refractivity contribution in [2.24, 2.45) is 11.7 Å². The Morgan fingerprint density at radius 1 is 1.14 bits per heavy atom. The summed E-state index contributed by atoms with van der Waals surface area (Å²) in [6.07, 6.45) is 4.18. The second-order valence-electron chi connectivity index (χ2n) is 9.50. The van der Waals surface area contributed by atoms with Gasteiger partial charge in [0.05, 0.1) is 18.4 Å². The molecule has 35 heavy (non-hydrogen) atoms. The van der Waals surface area contributed by atoms with Crippen molar-refractivity contribution in [3.63, 3.8) is 0 Å². The van der Waals surface area contributed by atoms with E-state index in [2.05, 4.69) is 20.2 Å². The van der Waals surface area contributed by atoms with Crippen molar-refractivity contribution in [2.75, 3.05) is 13.2 Å². The van der Waals surface area contributed by atoms with Crippen LogP contribution in [-0.4, -0.2) is 42.5 Å². The van der Waals surface area contributed by atoms with E-state index in [-0.39, 0.29) is 30.0 Å². The number of aryl methyl sites for hydroxylation is 1. The first kappa shape index (κ1) is 22.4. The Bertz CT molecular complexity index is 1420. The number of aromatic nitrogens is 6. The fourth-order valence-electron chi connectivity index (χ4n) is 5.08. The van der Waals surface area contributed by atoms with Crippen molar-refractivity contribution in [1.29, 1.82) is 0 Å². The fraction of sp³-hybridized carbons (Fsp3) is 0.458. The van der Waals surface area contributed by atoms with Crippen LogP contribution in [0.5, 0.6) is 0 Å². The average Bonchev–Trinajstić information content (AvgIpc) is 3.55. The van der Waals surface area contributed by atoms with Gasteiger partial charge < -0.3 is 15.0 Å². The lowest BCUT2D eigenvalue weighted by molar-refractivity contribution is 0.110. The lowest BCUT2D eigenvalue weighted by Crippen LogP contribution is -2.30. The molecule has 0 spiro atoms. The zero-order chi connectivity index (χ0) is 24.1. The SMILES string of the molecule is Cc1nc(C2CC(CN)C2)n2ncn(Cc3nc([C@@H]4CO[C@@H](c5ccc(Cl)cc5)C4)no3)c(=O)c12. The molecular weight excluding hydrogens is 470 g/mol. The summed E-state index contributed by atoms with van der Waals surface area (Å²) in [6.45, 7) is 3.17. The standard InChI is InChI=1S/C24H26ClN7O3/c1-13-21-24(33)31(12-27-32(21)23(28-13)16-6-14(7-16)9-26)10-20-29-22(30-35-20)17-8-19(34-11-17)15-2-4-18(25)5-3-15/h2-5,12,14,16-17,19H,6-11,26H2,1H3/t14?,16?,17-,19+/m0/s1. The zero-order valence-corrected chi connectivity index (χ0v) is 20.1. The Morgan fingerprint density at radius 3 is 2.71 bits per heavy atom. The van der Waals surface area contributed by atoms with E-state index in [1.807, 2.05) is 31.2 Å². The lowest BCUT2D eigenvalue weighted by Gasteiger charge is -2.33. The van der Waals surface area contributed by atoms with Gasteiger partial charge in [-0.15, -0.1) is 0 Å². The van der Waals surface area contributed by atoms with Gasteiger partial charge in [0.25, 0.3) is 5.56 Å². The number of rotatable bonds is 6. The molecule has 11 heteroatoms. The van der Waals surface area contributed by atoms with Gasteiger partial charge in [0.2, 0.25) is 5.89 Å². The smallest absolute Gasteiger partial charge is 0.280 e. The monoisotopic (exact) mass is 495 g/mol. The summed E-state index contributed by atoms with van der Waals surface area (Å²) in [5.74, 6) is 2.60. The normalized spacial score (nSPS) is 24.2. The Labute approximate surface area is 206 Å². The molecule has 2 atom stereocenters. The van der Waals surface area contributed by atoms with Crippen LogP contribution in [0.25, 0.3) is 5.52 Å². The summed E-state index contributed by atoms with van der Waals surface area (Å²) in [6, 6.07) is 7.66. The molecule has 4 aromatic rings. The van der Waals surface area contributed by atoms with Crippen LogP contribution < -0.4 is 11.3 Å². The molecule has 1 aliphatic carbocycles. The number of fused-ring (bicyclic) bond motifs is 1. The minimum atomic E-state index is -0.183. The summed E-state index contributed by atoms with van der Waals surface area (Å²) in [4.78, 5) is 22.4. The molecule has 4 heterocycles. The van der Waals surface area contributed by atoms with Crippen LogP contribution in [0, 0.1) is 12.8 Å². The van der Waals surface area contributed by atoms with E-state index in [1.54, 1.807) is 4.52 Å². The predicted molar refractivity (Wildman–Crippen MR) is 127 cm³/mol. The van der Waals surface area contributed by atoms with Gasteiger partial charge in [-0.1, -0.05) is 28.9 Å². The van der Waals surface area contributed by atoms with E-state index >= 15 is 0 Å². The molecule has 1 aliphatic heterocycles. The summed E-state index contributed by atoms with van der Waals surface area (Å²) in [5.41, 5.74) is 7.80. The minimum absolute atomic E-state index is 0.0185. The number of ether oxygens (including phenoxy) is 1. The highest BCUT2D eigenvalue weighted by atomic mass is 35.5. The van der Waals surface area contributed by atoms with Gasteiger partial charge in [-0.2, -0.15) is 10.1 Å². The molecule has 10 nitrogen and oxygen atoms in total. The van der Waals surface area contributed by atoms with Gasteiger partial charge in [-0.05, 0) is 56.3 Å². The molecule has 2 N–H and O–H groups in total. The van der Waals surface area contributed by atoms with Crippen LogP contribution in [0.3, 0.4) is 0 Å². The molecule has 0 unspecified atom stereocenters. The van der Waals surface area contributed by atoms with Crippen molar-refractivity contribution in [2.45, 2.75) is 50.7 Å². The van der Waals surface area contributed by atoms with Crippen LogP contribution in [0.4, 0.5) is 0 Å². The molecule has 1 saturated heterocycles. The number of hydrogen-bond donors (Lipinski definition) is 1. The van der Waals surface area contributed by atoms with E-state index in [4.69, 9.17) is 26.6 Å². The van der Waals surface area contributed by atoms with E-state index in [0.29, 0.717) is 47.0 Å². The average molecular weight is 496 g/mol. The number of halogens is 1. The van der Waals surface area contributed by atoms with Crippen molar-refractivity contribution in [3.05, 3.63) is 74.8 Å². The highest BCUT2D eigenvalue weighted by Gasteiger charge is 2.34. The number of nitrogens with zero attached hydrogens (tertiary/aromatic N) is 6. The van der Waals surface area contributed by atoms with Gasteiger partial charge in [0, 0.05) is 16.9 Å². The molecule has 0 radical (unpaired) electrons. The maximum absolute atomic E-state index is 13.2. The van der Waals surface area contributed by atoms with Crippen LogP contribution in [0.2, 0.25) is 5.02 Å². The van der Waals surface area contributed by atoms with Crippen molar-refractivity contribution in [3.8, 4) is 0 Å². The van der Waals surface area contributed by atoms with E-state index < -0.39 is 0 Å². The zero-order valence-electron chi connectivity index (χ0n) is 19.3. The number of nitrogens with two attached hydrogens (primary N) is 1. The van der Waals surface area contributed by atoms with Crippen molar-refractivity contribution >= 4 is 17.1 Å². The number of benzene rings is 1. The summed E-state index contributed by atoms with van der Waals surface area (Å²) >= 11 is 5.99. The van der Waals surface area contributed by atoms with E-state index in [0.717, 1.165) is 30.7 Å². The first-order chi connectivity index (χ1) is 17.0. The molecule has 1 saturated carbocycles. The summed E-state index contributed by atoms with van der Waals surface area (Å²) < 4.78 is 14.6. The molecule has 2 fully saturated rings. The molecule has 1 aromatic carbocycles. The highest BCUT2D eigenvalue weighted by Crippen LogP contribution is 2.40. The Hall–Kier alpha value is -3.08. The molecule has 182 valence electrons. The van der Waals surface area contributed by atoms with Gasteiger partial charge in [0.15, 0.2) is 11.3 Å². The first-order valence-electron chi connectivity index (χ1n) is 11.8. The third kappa shape index (κ3) is 4.05. The van der Waals surface area contributed by atoms with Gasteiger partial charge in [-0.25, -0.2) is 9.50 Å². The first-order valence-corrected chi connectivity index (χ1v) is 12.2. The van der Waals surface area contributed by atoms with Crippen LogP contribution in [0.15, 0.2) is 39.9 Å². The number of imidazole rings is 1. The predicted octanol–water partition coefficient (Wildman–Crippen LogP) is 2.98. The second kappa shape index (κ2) is 8.85. The fourth-order valence-corrected chi connectivity index (χ4v) is 5.21. The Morgan fingerprint density at radius 2 is 1.94 bits per heavy atom. The van der Waals surface area contributed by atoms with E-state index in [1.165, 1.54) is 10.9 Å². The molecule has 0 amide bonds. The van der Waals surface area contributed by atoms with Crippen LogP contribution in [0.1, 0.15) is 66.0 Å². The van der Waals surface area contributed by atoms with E-state index in [9.17, 15) is 4.79 Å². The van der Waals surface area contributed by atoms with Crippen molar-refractivity contribution in [1.82, 2.24) is 29.3 Å². The van der Waals surface area contributed by atoms with Crippen LogP contribution in [-0.2, 0) is 11.3 Å². The van der Waals surface area contributed by atoms with Crippen LogP contribution >= 0.6 is 11.6 Å². The Balaban J connectivity index is 1.18. The molecule has 2 aliphatic rings. The summed E-state index contributed by atoms with van der Waals surface area (Å²) in [5, 5.41) is 9.36.